The number of aromatic nitrogens is 2. The van der Waals surface area contributed by atoms with Crippen molar-refractivity contribution in [3.63, 3.8) is 0 Å². The molecule has 0 aliphatic carbocycles. The third kappa shape index (κ3) is 3.00. The van der Waals surface area contributed by atoms with Crippen molar-refractivity contribution in [2.75, 3.05) is 21.3 Å². The lowest BCUT2D eigenvalue weighted by Crippen LogP contribution is -2.06. The largest absolute Gasteiger partial charge is 0.493 e. The molecular formula is C14H17N5O3. The summed E-state index contributed by atoms with van der Waals surface area (Å²) in [4.78, 5) is 11.6. The Balaban J connectivity index is 2.47. The van der Waals surface area contributed by atoms with Gasteiger partial charge in [0.05, 0.1) is 33.2 Å². The minimum atomic E-state index is 0.0511. The van der Waals surface area contributed by atoms with Gasteiger partial charge in [0.1, 0.15) is 6.33 Å². The quantitative estimate of drug-likeness (QED) is 0.667. The molecule has 1 heterocycles. The number of aliphatic imine (C=N–C) groups is 2. The van der Waals surface area contributed by atoms with Crippen LogP contribution < -0.4 is 19.9 Å². The lowest BCUT2D eigenvalue weighted by Gasteiger charge is -2.14. The van der Waals surface area contributed by atoms with Crippen LogP contribution in [0.3, 0.4) is 0 Å². The first kappa shape index (κ1) is 15.4. The van der Waals surface area contributed by atoms with E-state index in [0.717, 1.165) is 5.69 Å². The van der Waals surface area contributed by atoms with Crippen LogP contribution in [-0.4, -0.2) is 43.6 Å². The van der Waals surface area contributed by atoms with E-state index in [9.17, 15) is 0 Å². The Bertz CT molecular complexity index is 683. The molecule has 8 heteroatoms. The number of nitrogens with zero attached hydrogens (tertiary/aromatic N) is 4. The highest BCUT2D eigenvalue weighted by molar-refractivity contribution is 5.84. The molecule has 8 nitrogen and oxygen atoms in total. The summed E-state index contributed by atoms with van der Waals surface area (Å²) in [6.45, 7) is 3.30. The Morgan fingerprint density at radius 3 is 2.32 bits per heavy atom. The second kappa shape index (κ2) is 6.61. The van der Waals surface area contributed by atoms with Gasteiger partial charge in [0.15, 0.2) is 17.3 Å². The number of hydrogen-bond donors (Lipinski definition) is 1. The van der Waals surface area contributed by atoms with Gasteiger partial charge in [0.25, 0.3) is 0 Å². The maximum Gasteiger partial charge on any atom is 0.221 e. The lowest BCUT2D eigenvalue weighted by molar-refractivity contribution is 0.324. The molecule has 1 aromatic heterocycles. The molecule has 0 amide bonds. The molecule has 0 atom stereocenters. The first-order chi connectivity index (χ1) is 10.6. The molecule has 0 bridgehead atoms. The van der Waals surface area contributed by atoms with Gasteiger partial charge in [-0.25, -0.2) is 9.98 Å². The third-order valence-corrected chi connectivity index (χ3v) is 2.91. The van der Waals surface area contributed by atoms with Crippen molar-refractivity contribution in [2.45, 2.75) is 0 Å². The van der Waals surface area contributed by atoms with Crippen LogP contribution in [0.1, 0.15) is 0 Å². The molecule has 0 saturated carbocycles. The predicted molar refractivity (Wildman–Crippen MR) is 84.1 cm³/mol. The summed E-state index contributed by atoms with van der Waals surface area (Å²) in [5.41, 5.74) is 6.27. The standard InChI is InChI=1S/C14H17N5O3/c1-16-14(15)18-12-7-19(8-17-12)9-5-10(20-2)13(22-4)11(6-9)21-3/h5-8H,1H2,2-4H3,(H2,15,18). The fourth-order valence-electron chi connectivity index (χ4n) is 1.88. The fraction of sp³-hybridized carbons (Fsp3) is 0.214. The predicted octanol–water partition coefficient (Wildman–Crippen LogP) is 1.54. The van der Waals surface area contributed by atoms with Gasteiger partial charge in [-0.2, -0.15) is 4.99 Å². The van der Waals surface area contributed by atoms with Gasteiger partial charge in [-0.15, -0.1) is 0 Å². The highest BCUT2D eigenvalue weighted by Gasteiger charge is 2.14. The molecule has 116 valence electrons. The zero-order valence-corrected chi connectivity index (χ0v) is 12.6. The van der Waals surface area contributed by atoms with Gasteiger partial charge in [-0.3, -0.25) is 0 Å². The number of benzene rings is 1. The van der Waals surface area contributed by atoms with Gasteiger partial charge in [-0.1, -0.05) is 0 Å². The summed E-state index contributed by atoms with van der Waals surface area (Å²) in [6, 6.07) is 3.59. The van der Waals surface area contributed by atoms with Crippen molar-refractivity contribution in [1.82, 2.24) is 9.55 Å². The van der Waals surface area contributed by atoms with E-state index in [1.54, 1.807) is 50.6 Å². The molecular weight excluding hydrogens is 286 g/mol. The average molecular weight is 303 g/mol. The van der Waals surface area contributed by atoms with E-state index < -0.39 is 0 Å². The third-order valence-electron chi connectivity index (χ3n) is 2.91. The second-order valence-corrected chi connectivity index (χ2v) is 4.15. The molecule has 0 aliphatic heterocycles. The number of ether oxygens (including phenoxy) is 3. The van der Waals surface area contributed by atoms with Crippen LogP contribution in [0.4, 0.5) is 5.82 Å². The molecule has 0 radical (unpaired) electrons. The molecule has 2 N–H and O–H groups in total. The van der Waals surface area contributed by atoms with Gasteiger partial charge >= 0.3 is 0 Å². The Kier molecular flexibility index (Phi) is 4.62. The molecule has 0 unspecified atom stereocenters. The van der Waals surface area contributed by atoms with E-state index in [0.29, 0.717) is 23.1 Å². The average Bonchev–Trinajstić information content (AvgIpc) is 3.01. The van der Waals surface area contributed by atoms with Crippen molar-refractivity contribution in [2.24, 2.45) is 15.7 Å². The topological polar surface area (TPSA) is 96.2 Å². The smallest absolute Gasteiger partial charge is 0.221 e. The molecule has 0 aliphatic rings. The number of imidazole rings is 1. The van der Waals surface area contributed by atoms with E-state index >= 15 is 0 Å². The first-order valence-electron chi connectivity index (χ1n) is 6.28. The van der Waals surface area contributed by atoms with Crippen LogP contribution in [0.25, 0.3) is 5.69 Å². The minimum Gasteiger partial charge on any atom is -0.493 e. The number of guanidine groups is 1. The van der Waals surface area contributed by atoms with Gasteiger partial charge < -0.3 is 24.5 Å². The van der Waals surface area contributed by atoms with Crippen LogP contribution in [0, 0.1) is 0 Å². The number of methoxy groups -OCH3 is 3. The second-order valence-electron chi connectivity index (χ2n) is 4.15. The first-order valence-corrected chi connectivity index (χ1v) is 6.28. The van der Waals surface area contributed by atoms with E-state index in [-0.39, 0.29) is 5.96 Å². The van der Waals surface area contributed by atoms with Crippen LogP contribution in [0.5, 0.6) is 17.2 Å². The summed E-state index contributed by atoms with van der Waals surface area (Å²) in [5.74, 6) is 2.08. The van der Waals surface area contributed by atoms with Crippen molar-refractivity contribution in [3.05, 3.63) is 24.7 Å². The SMILES string of the molecule is C=N/C(N)=N\c1cn(-c2cc(OC)c(OC)c(OC)c2)cn1. The van der Waals surface area contributed by atoms with Gasteiger partial charge in [-0.05, 0) is 6.72 Å². The summed E-state index contributed by atoms with van der Waals surface area (Å²) < 4.78 is 17.7. The number of nitrogens with two attached hydrogens (primary N) is 1. The summed E-state index contributed by atoms with van der Waals surface area (Å²) >= 11 is 0. The maximum atomic E-state index is 5.50. The van der Waals surface area contributed by atoms with Crippen LogP contribution in [0.2, 0.25) is 0 Å². The van der Waals surface area contributed by atoms with E-state index in [2.05, 4.69) is 21.7 Å². The molecule has 2 aromatic rings. The normalized spacial score (nSPS) is 11.1. The summed E-state index contributed by atoms with van der Waals surface area (Å²) in [6.07, 6.45) is 3.29. The van der Waals surface area contributed by atoms with Gasteiger partial charge in [0.2, 0.25) is 11.7 Å². The summed E-state index contributed by atoms with van der Waals surface area (Å²) in [5, 5.41) is 0. The highest BCUT2D eigenvalue weighted by atomic mass is 16.5. The minimum absolute atomic E-state index is 0.0511. The monoisotopic (exact) mass is 303 g/mol. The van der Waals surface area contributed by atoms with Crippen LogP contribution in [-0.2, 0) is 0 Å². The van der Waals surface area contributed by atoms with Crippen molar-refractivity contribution in [3.8, 4) is 22.9 Å². The van der Waals surface area contributed by atoms with E-state index in [4.69, 9.17) is 19.9 Å². The maximum absolute atomic E-state index is 5.50. The van der Waals surface area contributed by atoms with E-state index in [1.807, 2.05) is 0 Å². The molecule has 0 fully saturated rings. The number of hydrogen-bond acceptors (Lipinski definition) is 5. The van der Waals surface area contributed by atoms with Crippen molar-refractivity contribution in [1.29, 1.82) is 0 Å². The fourth-order valence-corrected chi connectivity index (χ4v) is 1.88. The molecule has 2 rings (SSSR count). The number of rotatable bonds is 5. The Morgan fingerprint density at radius 2 is 1.82 bits per heavy atom. The molecule has 22 heavy (non-hydrogen) atoms. The molecule has 1 aromatic carbocycles. The van der Waals surface area contributed by atoms with Crippen LogP contribution >= 0.6 is 0 Å². The molecule has 0 spiro atoms. The van der Waals surface area contributed by atoms with E-state index in [1.165, 1.54) is 0 Å². The Hall–Kier alpha value is -3.03. The lowest BCUT2D eigenvalue weighted by atomic mass is 10.2. The van der Waals surface area contributed by atoms with Crippen molar-refractivity contribution >= 4 is 18.5 Å². The Morgan fingerprint density at radius 1 is 1.18 bits per heavy atom. The molecule has 0 saturated heterocycles. The highest BCUT2D eigenvalue weighted by Crippen LogP contribution is 2.39. The van der Waals surface area contributed by atoms with Crippen LogP contribution in [0.15, 0.2) is 34.6 Å². The zero-order chi connectivity index (χ0) is 16.1. The van der Waals surface area contributed by atoms with Gasteiger partial charge in [0, 0.05) is 12.1 Å². The summed E-state index contributed by atoms with van der Waals surface area (Å²) in [7, 11) is 4.66. The zero-order valence-electron chi connectivity index (χ0n) is 12.6. The Labute approximate surface area is 127 Å². The van der Waals surface area contributed by atoms with Crippen molar-refractivity contribution < 1.29 is 14.2 Å².